The normalized spacial score (nSPS) is 15.9. The van der Waals surface area contributed by atoms with Crippen molar-refractivity contribution in [2.24, 2.45) is 0 Å². The van der Waals surface area contributed by atoms with Gasteiger partial charge in [-0.3, -0.25) is 4.57 Å². The monoisotopic (exact) mass is 483 g/mol. The number of hydrogen-bond acceptors (Lipinski definition) is 6. The molecule has 9 nitrogen and oxygen atoms in total. The van der Waals surface area contributed by atoms with Crippen LogP contribution in [0.1, 0.15) is 55.3 Å². The third kappa shape index (κ3) is 4.70. The number of imidazole rings is 1. The number of rotatable bonds is 8. The molecular formula is C26H33N3O6. The molecule has 1 aliphatic heterocycles. The van der Waals surface area contributed by atoms with E-state index >= 15 is 0 Å². The molecule has 1 aromatic carbocycles. The first-order valence-electron chi connectivity index (χ1n) is 11.8. The highest BCUT2D eigenvalue weighted by molar-refractivity contribution is 5.75. The highest BCUT2D eigenvalue weighted by atomic mass is 16.5. The first-order valence-corrected chi connectivity index (χ1v) is 11.8. The lowest BCUT2D eigenvalue weighted by Crippen LogP contribution is -2.45. The molecule has 3 aromatic rings. The molecule has 0 radical (unpaired) electrons. The predicted molar refractivity (Wildman–Crippen MR) is 130 cm³/mol. The van der Waals surface area contributed by atoms with Crippen LogP contribution in [0.15, 0.2) is 35.3 Å². The number of nitrogens with zero attached hydrogens (tertiary/aromatic N) is 3. The molecule has 1 fully saturated rings. The van der Waals surface area contributed by atoms with Crippen LogP contribution in [0.4, 0.5) is 0 Å². The standard InChI is InChI=1S/C26H33N3O6/c1-16-17(2)29-23(27-16)18(15-28(25(29)32)26(3,4)24(30)31)14-22(35-19-10-12-34-13-11-19)20-8-6-7-9-21(20)33-5/h6-9,15,19,22H,10-14H2,1-5H3,(H,30,31)/t22-/m0/s1. The lowest BCUT2D eigenvalue weighted by atomic mass is 9.99. The molecule has 9 heteroatoms. The Hall–Kier alpha value is -3.17. The van der Waals surface area contributed by atoms with Crippen LogP contribution in [0.25, 0.3) is 5.65 Å². The topological polar surface area (TPSA) is 104 Å². The lowest BCUT2D eigenvalue weighted by molar-refractivity contribution is -0.145. The number of ether oxygens (including phenoxy) is 3. The van der Waals surface area contributed by atoms with E-state index in [2.05, 4.69) is 4.98 Å². The zero-order valence-electron chi connectivity index (χ0n) is 20.9. The number of aryl methyl sites for hydroxylation is 2. The summed E-state index contributed by atoms with van der Waals surface area (Å²) in [5.74, 6) is -0.394. The van der Waals surface area contributed by atoms with Crippen LogP contribution in [0, 0.1) is 13.8 Å². The van der Waals surface area contributed by atoms with Crippen molar-refractivity contribution in [1.82, 2.24) is 14.0 Å². The van der Waals surface area contributed by atoms with Gasteiger partial charge in [0.2, 0.25) is 0 Å². The number of para-hydroxylation sites is 1. The molecule has 4 rings (SSSR count). The molecule has 1 saturated heterocycles. The average molecular weight is 484 g/mol. The second-order valence-corrected chi connectivity index (χ2v) is 9.50. The Morgan fingerprint density at radius 2 is 1.94 bits per heavy atom. The average Bonchev–Trinajstić information content (AvgIpc) is 3.15. The maximum absolute atomic E-state index is 13.4. The maximum Gasteiger partial charge on any atom is 0.335 e. The van der Waals surface area contributed by atoms with E-state index in [0.717, 1.165) is 24.0 Å². The largest absolute Gasteiger partial charge is 0.496 e. The summed E-state index contributed by atoms with van der Waals surface area (Å²) in [6, 6.07) is 7.71. The van der Waals surface area contributed by atoms with Crippen LogP contribution >= 0.6 is 0 Å². The number of carbonyl (C=O) groups is 1. The van der Waals surface area contributed by atoms with Crippen molar-refractivity contribution >= 4 is 11.6 Å². The van der Waals surface area contributed by atoms with Crippen LogP contribution in [0.2, 0.25) is 0 Å². The highest BCUT2D eigenvalue weighted by Gasteiger charge is 2.33. The number of carboxylic acid groups (broad SMARTS) is 1. The van der Waals surface area contributed by atoms with E-state index in [1.54, 1.807) is 13.3 Å². The van der Waals surface area contributed by atoms with E-state index in [4.69, 9.17) is 14.2 Å². The number of hydrogen-bond donors (Lipinski definition) is 1. The van der Waals surface area contributed by atoms with Crippen LogP contribution in [-0.2, 0) is 26.2 Å². The molecule has 188 valence electrons. The Morgan fingerprint density at radius 1 is 1.26 bits per heavy atom. The Bertz CT molecular complexity index is 1290. The number of aromatic nitrogens is 3. The van der Waals surface area contributed by atoms with Crippen LogP contribution in [0.3, 0.4) is 0 Å². The summed E-state index contributed by atoms with van der Waals surface area (Å²) in [5, 5.41) is 9.86. The van der Waals surface area contributed by atoms with Gasteiger partial charge in [0, 0.05) is 42.7 Å². The van der Waals surface area contributed by atoms with Gasteiger partial charge in [0.25, 0.3) is 0 Å². The van der Waals surface area contributed by atoms with Crippen molar-refractivity contribution in [1.29, 1.82) is 0 Å². The van der Waals surface area contributed by atoms with E-state index in [1.165, 1.54) is 22.8 Å². The first kappa shape index (κ1) is 24.9. The second-order valence-electron chi connectivity index (χ2n) is 9.50. The summed E-state index contributed by atoms with van der Waals surface area (Å²) in [7, 11) is 1.62. The summed E-state index contributed by atoms with van der Waals surface area (Å²) in [4.78, 5) is 30.1. The van der Waals surface area contributed by atoms with Crippen LogP contribution in [0.5, 0.6) is 5.75 Å². The third-order valence-electron chi connectivity index (χ3n) is 6.86. The molecule has 1 aliphatic rings. The van der Waals surface area contributed by atoms with E-state index in [1.807, 2.05) is 38.1 Å². The van der Waals surface area contributed by atoms with Gasteiger partial charge >= 0.3 is 11.7 Å². The van der Waals surface area contributed by atoms with Gasteiger partial charge in [-0.25, -0.2) is 19.0 Å². The van der Waals surface area contributed by atoms with Gasteiger partial charge in [-0.1, -0.05) is 18.2 Å². The Morgan fingerprint density at radius 3 is 2.60 bits per heavy atom. The summed E-state index contributed by atoms with van der Waals surface area (Å²) in [5.41, 5.74) is 1.63. The van der Waals surface area contributed by atoms with Gasteiger partial charge in [0.05, 0.1) is 25.0 Å². The molecule has 0 saturated carbocycles. The molecule has 0 amide bonds. The maximum atomic E-state index is 13.4. The molecule has 1 N–H and O–H groups in total. The fourth-order valence-corrected chi connectivity index (χ4v) is 4.49. The number of fused-ring (bicyclic) bond motifs is 1. The van der Waals surface area contributed by atoms with Gasteiger partial charge in [0.1, 0.15) is 16.9 Å². The van der Waals surface area contributed by atoms with E-state index in [-0.39, 0.29) is 6.10 Å². The predicted octanol–water partition coefficient (Wildman–Crippen LogP) is 3.42. The zero-order chi connectivity index (χ0) is 25.3. The van der Waals surface area contributed by atoms with E-state index in [9.17, 15) is 14.7 Å². The number of aliphatic carboxylic acids is 1. The van der Waals surface area contributed by atoms with E-state index < -0.39 is 23.3 Å². The molecule has 0 bridgehead atoms. The van der Waals surface area contributed by atoms with Crippen LogP contribution in [-0.4, -0.2) is 51.5 Å². The van der Waals surface area contributed by atoms with Crippen molar-refractivity contribution in [2.75, 3.05) is 20.3 Å². The minimum absolute atomic E-state index is 0.0132. The Labute approximate surface area is 204 Å². The molecular weight excluding hydrogens is 450 g/mol. The molecule has 2 aromatic heterocycles. The minimum atomic E-state index is -1.45. The van der Waals surface area contributed by atoms with Crippen molar-refractivity contribution < 1.29 is 24.1 Å². The van der Waals surface area contributed by atoms with Crippen molar-refractivity contribution in [3.63, 3.8) is 0 Å². The number of carboxylic acids is 1. The summed E-state index contributed by atoms with van der Waals surface area (Å²) in [6.45, 7) is 7.97. The van der Waals surface area contributed by atoms with Gasteiger partial charge in [-0.05, 0) is 46.6 Å². The second kappa shape index (κ2) is 9.83. The Balaban J connectivity index is 1.87. The van der Waals surface area contributed by atoms with Crippen molar-refractivity contribution in [3.05, 3.63) is 63.5 Å². The SMILES string of the molecule is COc1ccccc1[C@H](Cc1cn(C(C)(C)C(=O)O)c(=O)n2c(C)c(C)nc12)OC1CCOCC1. The fraction of sp³-hybridized carbons (Fsp3) is 0.500. The van der Waals surface area contributed by atoms with Gasteiger partial charge in [-0.2, -0.15) is 0 Å². The minimum Gasteiger partial charge on any atom is -0.496 e. The highest BCUT2D eigenvalue weighted by Crippen LogP contribution is 2.34. The van der Waals surface area contributed by atoms with Crippen molar-refractivity contribution in [3.8, 4) is 5.75 Å². The first-order chi connectivity index (χ1) is 16.6. The molecule has 35 heavy (non-hydrogen) atoms. The quantitative estimate of drug-likeness (QED) is 0.523. The molecule has 0 aliphatic carbocycles. The molecule has 0 unspecified atom stereocenters. The fourth-order valence-electron chi connectivity index (χ4n) is 4.49. The van der Waals surface area contributed by atoms with E-state index in [0.29, 0.717) is 42.4 Å². The molecule has 3 heterocycles. The summed E-state index contributed by atoms with van der Waals surface area (Å²) in [6.07, 6.45) is 3.19. The molecule has 1 atom stereocenters. The Kier molecular flexibility index (Phi) is 7.00. The summed E-state index contributed by atoms with van der Waals surface area (Å²) < 4.78 is 20.5. The van der Waals surface area contributed by atoms with Gasteiger partial charge < -0.3 is 19.3 Å². The number of benzene rings is 1. The smallest absolute Gasteiger partial charge is 0.335 e. The lowest BCUT2D eigenvalue weighted by Gasteiger charge is -2.29. The van der Waals surface area contributed by atoms with Gasteiger partial charge in [-0.15, -0.1) is 0 Å². The molecule has 0 spiro atoms. The number of methoxy groups -OCH3 is 1. The van der Waals surface area contributed by atoms with Gasteiger partial charge in [0.15, 0.2) is 0 Å². The van der Waals surface area contributed by atoms with Crippen molar-refractivity contribution in [2.45, 2.75) is 64.7 Å². The van der Waals surface area contributed by atoms with Crippen LogP contribution < -0.4 is 10.4 Å². The summed E-state index contributed by atoms with van der Waals surface area (Å²) >= 11 is 0. The zero-order valence-corrected chi connectivity index (χ0v) is 20.9. The third-order valence-corrected chi connectivity index (χ3v) is 6.86.